The van der Waals surface area contributed by atoms with Crippen molar-refractivity contribution in [2.24, 2.45) is 4.99 Å². The molecule has 0 saturated heterocycles. The molecule has 0 bridgehead atoms. The predicted octanol–water partition coefficient (Wildman–Crippen LogP) is 2.74. The Kier molecular flexibility index (Phi) is 1.99. The number of hydrogen-bond donors (Lipinski definition) is 0. The largest absolute Gasteiger partial charge is 0.280 e. The maximum atomic E-state index is 4.51. The summed E-state index contributed by atoms with van der Waals surface area (Å²) in [6.45, 7) is 8.37. The van der Waals surface area contributed by atoms with Crippen molar-refractivity contribution in [1.82, 2.24) is 0 Å². The topological polar surface area (TPSA) is 12.4 Å². The summed E-state index contributed by atoms with van der Waals surface area (Å²) in [5, 5.41) is 0. The highest BCUT2D eigenvalue weighted by atomic mass is 14.8. The van der Waals surface area contributed by atoms with Crippen LogP contribution in [0.3, 0.4) is 0 Å². The number of rotatable bonds is 0. The Bertz CT molecular complexity index is 218. The summed E-state index contributed by atoms with van der Waals surface area (Å²) in [4.78, 5) is 4.51. The summed E-state index contributed by atoms with van der Waals surface area (Å²) >= 11 is 0. The second-order valence-electron chi connectivity index (χ2n) is 3.63. The van der Waals surface area contributed by atoms with Gasteiger partial charge in [0.2, 0.25) is 0 Å². The molecule has 1 rings (SSSR count). The molecule has 1 aliphatic heterocycles. The van der Waals surface area contributed by atoms with E-state index in [1.165, 1.54) is 5.57 Å². The van der Waals surface area contributed by atoms with Crippen LogP contribution in [0.4, 0.5) is 0 Å². The molecular formula is C10H15N. The van der Waals surface area contributed by atoms with Crippen LogP contribution in [-0.4, -0.2) is 11.3 Å². The van der Waals surface area contributed by atoms with Gasteiger partial charge in [0.25, 0.3) is 0 Å². The molecule has 60 valence electrons. The molecule has 0 aromatic carbocycles. The molecule has 0 amide bonds. The maximum absolute atomic E-state index is 4.51. The van der Waals surface area contributed by atoms with Crippen LogP contribution in [0.1, 0.15) is 27.7 Å². The van der Waals surface area contributed by atoms with Crippen molar-refractivity contribution in [2.45, 2.75) is 33.2 Å². The predicted molar refractivity (Wildman–Crippen MR) is 50.1 cm³/mol. The van der Waals surface area contributed by atoms with Crippen LogP contribution in [0.5, 0.6) is 0 Å². The van der Waals surface area contributed by atoms with E-state index in [1.54, 1.807) is 0 Å². The third-order valence-corrected chi connectivity index (χ3v) is 1.63. The van der Waals surface area contributed by atoms with Crippen molar-refractivity contribution < 1.29 is 0 Å². The smallest absolute Gasteiger partial charge is 0.0740 e. The second kappa shape index (κ2) is 2.65. The Morgan fingerprint density at radius 2 is 1.82 bits per heavy atom. The molecule has 0 radical (unpaired) electrons. The lowest BCUT2D eigenvalue weighted by Crippen LogP contribution is -2.13. The zero-order chi connectivity index (χ0) is 8.48. The van der Waals surface area contributed by atoms with Crippen LogP contribution >= 0.6 is 0 Å². The highest BCUT2D eigenvalue weighted by molar-refractivity contribution is 5.93. The molecular weight excluding hydrogens is 134 g/mol. The van der Waals surface area contributed by atoms with Crippen molar-refractivity contribution in [3.05, 3.63) is 23.8 Å². The molecule has 0 aromatic rings. The molecule has 1 heteroatoms. The lowest BCUT2D eigenvalue weighted by atomic mass is 10.0. The third-order valence-electron chi connectivity index (χ3n) is 1.63. The highest BCUT2D eigenvalue weighted by Gasteiger charge is 2.13. The molecule has 1 heterocycles. The van der Waals surface area contributed by atoms with Gasteiger partial charge < -0.3 is 0 Å². The summed E-state index contributed by atoms with van der Waals surface area (Å²) in [6.07, 6.45) is 6.34. The monoisotopic (exact) mass is 149 g/mol. The van der Waals surface area contributed by atoms with E-state index in [-0.39, 0.29) is 5.54 Å². The van der Waals surface area contributed by atoms with Crippen molar-refractivity contribution in [3.8, 4) is 0 Å². The van der Waals surface area contributed by atoms with Crippen molar-refractivity contribution in [1.29, 1.82) is 0 Å². The van der Waals surface area contributed by atoms with Gasteiger partial charge in [0.05, 0.1) is 5.54 Å². The van der Waals surface area contributed by atoms with E-state index in [0.29, 0.717) is 0 Å². The van der Waals surface area contributed by atoms with E-state index >= 15 is 0 Å². The minimum atomic E-state index is -0.0301. The summed E-state index contributed by atoms with van der Waals surface area (Å²) < 4.78 is 0. The summed E-state index contributed by atoms with van der Waals surface area (Å²) in [7, 11) is 0. The highest BCUT2D eigenvalue weighted by Crippen LogP contribution is 2.17. The van der Waals surface area contributed by atoms with E-state index in [9.17, 15) is 0 Å². The van der Waals surface area contributed by atoms with E-state index in [2.05, 4.69) is 44.0 Å². The molecule has 11 heavy (non-hydrogen) atoms. The van der Waals surface area contributed by atoms with Gasteiger partial charge in [0.15, 0.2) is 0 Å². The number of aliphatic imine (C=N–C) groups is 1. The van der Waals surface area contributed by atoms with E-state index < -0.39 is 0 Å². The normalized spacial score (nSPS) is 22.2. The SMILES string of the molecule is CC1=CC(C)(C)N=C(C)C=C1. The van der Waals surface area contributed by atoms with E-state index in [1.807, 2.05) is 6.92 Å². The summed E-state index contributed by atoms with van der Waals surface area (Å²) in [6, 6.07) is 0. The van der Waals surface area contributed by atoms with Crippen molar-refractivity contribution in [2.75, 3.05) is 0 Å². The lowest BCUT2D eigenvalue weighted by Gasteiger charge is -2.14. The zero-order valence-corrected chi connectivity index (χ0v) is 7.68. The molecule has 0 N–H and O–H groups in total. The van der Waals surface area contributed by atoms with Crippen LogP contribution in [-0.2, 0) is 0 Å². The van der Waals surface area contributed by atoms with Crippen molar-refractivity contribution in [3.63, 3.8) is 0 Å². The lowest BCUT2D eigenvalue weighted by molar-refractivity contribution is 0.656. The van der Waals surface area contributed by atoms with Gasteiger partial charge in [-0.3, -0.25) is 4.99 Å². The van der Waals surface area contributed by atoms with Gasteiger partial charge in [0, 0.05) is 5.71 Å². The van der Waals surface area contributed by atoms with Crippen molar-refractivity contribution >= 4 is 5.71 Å². The summed E-state index contributed by atoms with van der Waals surface area (Å²) in [5.41, 5.74) is 2.36. The first-order valence-corrected chi connectivity index (χ1v) is 3.94. The standard InChI is InChI=1S/C10H15N/c1-8-5-6-9(2)11-10(3,4)7-8/h5-7H,1-4H3. The van der Waals surface area contributed by atoms with Crippen LogP contribution in [0, 0.1) is 0 Å². The zero-order valence-electron chi connectivity index (χ0n) is 7.68. The van der Waals surface area contributed by atoms with Gasteiger partial charge in [-0.15, -0.1) is 0 Å². The fourth-order valence-corrected chi connectivity index (χ4v) is 1.38. The van der Waals surface area contributed by atoms with Crippen LogP contribution in [0.25, 0.3) is 0 Å². The Hall–Kier alpha value is -0.850. The molecule has 0 saturated carbocycles. The molecule has 0 unspecified atom stereocenters. The number of nitrogens with zero attached hydrogens (tertiary/aromatic N) is 1. The van der Waals surface area contributed by atoms with Gasteiger partial charge >= 0.3 is 0 Å². The Balaban J connectivity index is 3.03. The van der Waals surface area contributed by atoms with Gasteiger partial charge in [-0.2, -0.15) is 0 Å². The van der Waals surface area contributed by atoms with Gasteiger partial charge in [-0.25, -0.2) is 0 Å². The first kappa shape index (κ1) is 8.25. The number of hydrogen-bond acceptors (Lipinski definition) is 1. The number of allylic oxidation sites excluding steroid dienone is 3. The Morgan fingerprint density at radius 3 is 2.45 bits per heavy atom. The fourth-order valence-electron chi connectivity index (χ4n) is 1.38. The van der Waals surface area contributed by atoms with E-state index in [0.717, 1.165) is 5.71 Å². The average molecular weight is 149 g/mol. The maximum Gasteiger partial charge on any atom is 0.0740 e. The second-order valence-corrected chi connectivity index (χ2v) is 3.63. The summed E-state index contributed by atoms with van der Waals surface area (Å²) in [5.74, 6) is 0. The first-order valence-electron chi connectivity index (χ1n) is 3.94. The fraction of sp³-hybridized carbons (Fsp3) is 0.500. The van der Waals surface area contributed by atoms with Gasteiger partial charge in [-0.05, 0) is 33.8 Å². The average Bonchev–Trinajstić information content (AvgIpc) is 1.89. The van der Waals surface area contributed by atoms with Gasteiger partial charge in [0.1, 0.15) is 0 Å². The molecule has 0 fully saturated rings. The van der Waals surface area contributed by atoms with Crippen LogP contribution < -0.4 is 0 Å². The van der Waals surface area contributed by atoms with E-state index in [4.69, 9.17) is 0 Å². The molecule has 0 aromatic heterocycles. The molecule has 0 aliphatic carbocycles. The molecule has 0 atom stereocenters. The Labute approximate surface area is 68.5 Å². The van der Waals surface area contributed by atoms with Crippen LogP contribution in [0.15, 0.2) is 28.8 Å². The molecule has 1 nitrogen and oxygen atoms in total. The molecule has 0 spiro atoms. The van der Waals surface area contributed by atoms with Gasteiger partial charge in [-0.1, -0.05) is 17.7 Å². The quantitative estimate of drug-likeness (QED) is 0.502. The first-order chi connectivity index (χ1) is 4.99. The minimum Gasteiger partial charge on any atom is -0.280 e. The van der Waals surface area contributed by atoms with Crippen LogP contribution in [0.2, 0.25) is 0 Å². The minimum absolute atomic E-state index is 0.0301. The third kappa shape index (κ3) is 2.34. The molecule has 1 aliphatic rings. The Morgan fingerprint density at radius 1 is 1.18 bits per heavy atom.